The van der Waals surface area contributed by atoms with E-state index in [0.717, 1.165) is 0 Å². The maximum absolute atomic E-state index is 12.0. The van der Waals surface area contributed by atoms with Gasteiger partial charge in [0.15, 0.2) is 0 Å². The molecule has 0 saturated carbocycles. The van der Waals surface area contributed by atoms with Gasteiger partial charge in [-0.3, -0.25) is 9.59 Å². The molecule has 116 valence electrons. The Labute approximate surface area is 130 Å². The van der Waals surface area contributed by atoms with Gasteiger partial charge in [-0.2, -0.15) is 0 Å². The van der Waals surface area contributed by atoms with Crippen LogP contribution in [-0.2, 0) is 9.59 Å². The first kappa shape index (κ1) is 17.5. The van der Waals surface area contributed by atoms with Crippen molar-refractivity contribution in [1.82, 2.24) is 0 Å². The third kappa shape index (κ3) is 5.73. The first-order valence-corrected chi connectivity index (χ1v) is 7.23. The average molecular weight is 312 g/mol. The number of rotatable bonds is 5. The van der Waals surface area contributed by atoms with Crippen LogP contribution in [0.1, 0.15) is 33.6 Å². The van der Waals surface area contributed by atoms with Crippen molar-refractivity contribution in [3.05, 3.63) is 23.2 Å². The number of anilines is 2. The Morgan fingerprint density at radius 2 is 1.90 bits per heavy atom. The summed E-state index contributed by atoms with van der Waals surface area (Å²) in [5.74, 6) is -0.258. The molecule has 0 aliphatic heterocycles. The Hall–Kier alpha value is -1.59. The fourth-order valence-corrected chi connectivity index (χ4v) is 1.66. The van der Waals surface area contributed by atoms with E-state index < -0.39 is 5.41 Å². The van der Waals surface area contributed by atoms with E-state index in [9.17, 15) is 9.59 Å². The molecule has 0 unspecified atom stereocenters. The zero-order valence-electron chi connectivity index (χ0n) is 12.6. The monoisotopic (exact) mass is 311 g/mol. The summed E-state index contributed by atoms with van der Waals surface area (Å²) in [6, 6.07) is 4.97. The van der Waals surface area contributed by atoms with E-state index in [2.05, 4.69) is 10.6 Å². The lowest BCUT2D eigenvalue weighted by molar-refractivity contribution is -0.123. The molecule has 4 N–H and O–H groups in total. The van der Waals surface area contributed by atoms with Crippen LogP contribution in [0.15, 0.2) is 18.2 Å². The molecular formula is C15H22ClN3O2. The van der Waals surface area contributed by atoms with Gasteiger partial charge in [-0.1, -0.05) is 32.4 Å². The van der Waals surface area contributed by atoms with E-state index >= 15 is 0 Å². The third-order valence-corrected chi connectivity index (χ3v) is 3.12. The Balaban J connectivity index is 2.80. The zero-order valence-corrected chi connectivity index (χ0v) is 13.4. The molecule has 0 saturated heterocycles. The summed E-state index contributed by atoms with van der Waals surface area (Å²) >= 11 is 6.07. The van der Waals surface area contributed by atoms with Crippen LogP contribution >= 0.6 is 11.6 Å². The predicted molar refractivity (Wildman–Crippen MR) is 86.5 cm³/mol. The largest absolute Gasteiger partial charge is 0.330 e. The second kappa shape index (κ2) is 7.43. The number of hydrogen-bond donors (Lipinski definition) is 3. The van der Waals surface area contributed by atoms with Gasteiger partial charge in [-0.15, -0.1) is 0 Å². The highest BCUT2D eigenvalue weighted by Crippen LogP contribution is 2.27. The minimum atomic E-state index is -0.524. The van der Waals surface area contributed by atoms with Crippen molar-refractivity contribution in [2.75, 3.05) is 17.2 Å². The fraction of sp³-hybridized carbons (Fsp3) is 0.467. The molecule has 0 aliphatic rings. The highest BCUT2D eigenvalue weighted by atomic mass is 35.5. The molecule has 1 rings (SSSR count). The molecule has 2 amide bonds. The molecule has 0 heterocycles. The average Bonchev–Trinajstić information content (AvgIpc) is 2.39. The van der Waals surface area contributed by atoms with E-state index in [-0.39, 0.29) is 11.8 Å². The molecule has 5 nitrogen and oxygen atoms in total. The van der Waals surface area contributed by atoms with Crippen LogP contribution in [0.5, 0.6) is 0 Å². The van der Waals surface area contributed by atoms with Gasteiger partial charge >= 0.3 is 0 Å². The fourth-order valence-electron chi connectivity index (χ4n) is 1.49. The lowest BCUT2D eigenvalue weighted by atomic mass is 9.95. The van der Waals surface area contributed by atoms with Gasteiger partial charge in [-0.05, 0) is 31.2 Å². The highest BCUT2D eigenvalue weighted by Gasteiger charge is 2.22. The van der Waals surface area contributed by atoms with Crippen LogP contribution < -0.4 is 16.4 Å². The molecule has 0 bridgehead atoms. The van der Waals surface area contributed by atoms with Gasteiger partial charge in [0.05, 0.1) is 10.7 Å². The van der Waals surface area contributed by atoms with E-state index in [0.29, 0.717) is 35.8 Å². The van der Waals surface area contributed by atoms with Crippen molar-refractivity contribution in [2.24, 2.45) is 11.1 Å². The summed E-state index contributed by atoms with van der Waals surface area (Å²) in [6.07, 6.45) is 0.996. The summed E-state index contributed by atoms with van der Waals surface area (Å²) in [7, 11) is 0. The molecule has 1 aromatic rings. The number of benzene rings is 1. The number of carbonyl (C=O) groups is 2. The third-order valence-electron chi connectivity index (χ3n) is 2.79. The number of nitrogens with one attached hydrogen (secondary N) is 2. The Bertz CT molecular complexity index is 524. The molecular weight excluding hydrogens is 290 g/mol. The molecule has 6 heteroatoms. The molecule has 21 heavy (non-hydrogen) atoms. The molecule has 0 fully saturated rings. The lowest BCUT2D eigenvalue weighted by Crippen LogP contribution is -2.27. The van der Waals surface area contributed by atoms with Crippen LogP contribution in [-0.4, -0.2) is 18.4 Å². The van der Waals surface area contributed by atoms with Crippen LogP contribution in [0.25, 0.3) is 0 Å². The standard InChI is InChI=1S/C15H22ClN3O2/c1-15(2,3)14(21)19-12-9-10(6-7-11(12)16)18-13(20)5-4-8-17/h6-7,9H,4-5,8,17H2,1-3H3,(H,18,20)(H,19,21). The van der Waals surface area contributed by atoms with Crippen molar-refractivity contribution in [3.63, 3.8) is 0 Å². The normalized spacial score (nSPS) is 11.1. The van der Waals surface area contributed by atoms with Gasteiger partial charge in [0, 0.05) is 17.5 Å². The van der Waals surface area contributed by atoms with Gasteiger partial charge in [0.25, 0.3) is 0 Å². The SMILES string of the molecule is CC(C)(C)C(=O)Nc1cc(NC(=O)CCCN)ccc1Cl. The topological polar surface area (TPSA) is 84.2 Å². The van der Waals surface area contributed by atoms with Gasteiger partial charge in [0.2, 0.25) is 11.8 Å². The number of nitrogens with two attached hydrogens (primary N) is 1. The Kier molecular flexibility index (Phi) is 6.18. The summed E-state index contributed by atoms with van der Waals surface area (Å²) < 4.78 is 0. The molecule has 0 radical (unpaired) electrons. The number of carbonyl (C=O) groups excluding carboxylic acids is 2. The van der Waals surface area contributed by atoms with Crippen LogP contribution in [0.4, 0.5) is 11.4 Å². The van der Waals surface area contributed by atoms with Crippen molar-refractivity contribution >= 4 is 34.8 Å². The minimum Gasteiger partial charge on any atom is -0.330 e. The maximum atomic E-state index is 12.0. The second-order valence-corrected chi connectivity index (χ2v) is 6.25. The summed E-state index contributed by atoms with van der Waals surface area (Å²) in [6.45, 7) is 5.92. The van der Waals surface area contributed by atoms with Gasteiger partial charge < -0.3 is 16.4 Å². The van der Waals surface area contributed by atoms with E-state index in [4.69, 9.17) is 17.3 Å². The van der Waals surface area contributed by atoms with Crippen molar-refractivity contribution in [2.45, 2.75) is 33.6 Å². The number of amides is 2. The van der Waals surface area contributed by atoms with Crippen LogP contribution in [0.2, 0.25) is 5.02 Å². The summed E-state index contributed by atoms with van der Waals surface area (Å²) in [5.41, 5.74) is 5.91. The number of halogens is 1. The van der Waals surface area contributed by atoms with Crippen LogP contribution in [0.3, 0.4) is 0 Å². The molecule has 0 aliphatic carbocycles. The van der Waals surface area contributed by atoms with Crippen molar-refractivity contribution in [3.8, 4) is 0 Å². The maximum Gasteiger partial charge on any atom is 0.229 e. The first-order valence-electron chi connectivity index (χ1n) is 6.85. The second-order valence-electron chi connectivity index (χ2n) is 5.84. The Morgan fingerprint density at radius 3 is 2.48 bits per heavy atom. The van der Waals surface area contributed by atoms with Crippen molar-refractivity contribution < 1.29 is 9.59 Å². The predicted octanol–water partition coefficient (Wildman–Crippen LogP) is 3.00. The quantitative estimate of drug-likeness (QED) is 0.781. The minimum absolute atomic E-state index is 0.115. The highest BCUT2D eigenvalue weighted by molar-refractivity contribution is 6.34. The van der Waals surface area contributed by atoms with E-state index in [1.54, 1.807) is 18.2 Å². The first-order chi connectivity index (χ1) is 9.74. The zero-order chi connectivity index (χ0) is 16.0. The Morgan fingerprint density at radius 1 is 1.24 bits per heavy atom. The number of hydrogen-bond acceptors (Lipinski definition) is 3. The summed E-state index contributed by atoms with van der Waals surface area (Å²) in [4.78, 5) is 23.7. The molecule has 1 aromatic carbocycles. The molecule has 0 spiro atoms. The summed E-state index contributed by atoms with van der Waals surface area (Å²) in [5, 5.41) is 5.94. The van der Waals surface area contributed by atoms with Crippen LogP contribution in [0, 0.1) is 5.41 Å². The van der Waals surface area contributed by atoms with Crippen molar-refractivity contribution in [1.29, 1.82) is 0 Å². The van der Waals surface area contributed by atoms with Gasteiger partial charge in [-0.25, -0.2) is 0 Å². The van der Waals surface area contributed by atoms with E-state index in [1.807, 2.05) is 20.8 Å². The van der Waals surface area contributed by atoms with Gasteiger partial charge in [0.1, 0.15) is 0 Å². The smallest absolute Gasteiger partial charge is 0.229 e. The molecule has 0 aromatic heterocycles. The lowest BCUT2D eigenvalue weighted by Gasteiger charge is -2.18. The molecule has 0 atom stereocenters. The van der Waals surface area contributed by atoms with E-state index in [1.165, 1.54) is 0 Å².